The summed E-state index contributed by atoms with van der Waals surface area (Å²) in [5.74, 6) is -2.52. The number of piperidine rings is 1. The molecule has 0 unspecified atom stereocenters. The van der Waals surface area contributed by atoms with Gasteiger partial charge in [0.25, 0.3) is 5.91 Å². The van der Waals surface area contributed by atoms with Crippen molar-refractivity contribution < 1.29 is 23.0 Å². The summed E-state index contributed by atoms with van der Waals surface area (Å²) < 4.78 is 38.4. The maximum Gasteiger partial charge on any atom is 0.256 e. The molecule has 1 amide bonds. The Bertz CT molecular complexity index is 553. The van der Waals surface area contributed by atoms with E-state index < -0.39 is 17.5 Å². The maximum absolute atomic E-state index is 13.7. The van der Waals surface area contributed by atoms with Crippen LogP contribution in [0.25, 0.3) is 0 Å². The number of rotatable bonds is 3. The number of hydrogen-bond acceptors (Lipinski definition) is 3. The highest BCUT2D eigenvalue weighted by molar-refractivity contribution is 5.94. The predicted molar refractivity (Wildman–Crippen MR) is 80.2 cm³/mol. The fourth-order valence-corrected chi connectivity index (χ4v) is 3.12. The minimum atomic E-state index is -1.07. The molecule has 0 saturated carbocycles. The third-order valence-corrected chi connectivity index (χ3v) is 4.46. The summed E-state index contributed by atoms with van der Waals surface area (Å²) in [4.78, 5) is 13.9. The van der Waals surface area contributed by atoms with Crippen LogP contribution in [-0.2, 0) is 9.47 Å². The summed E-state index contributed by atoms with van der Waals surface area (Å²) in [6, 6.07) is 3.69. The summed E-state index contributed by atoms with van der Waals surface area (Å²) in [6.07, 6.45) is 3.62. The van der Waals surface area contributed by atoms with Crippen molar-refractivity contribution >= 4 is 5.91 Å². The van der Waals surface area contributed by atoms with E-state index in [1.165, 1.54) is 12.1 Å². The molecule has 6 heteroatoms. The fourth-order valence-electron chi connectivity index (χ4n) is 3.12. The molecule has 0 bridgehead atoms. The van der Waals surface area contributed by atoms with Crippen molar-refractivity contribution in [3.8, 4) is 0 Å². The Balaban J connectivity index is 1.54. The molecule has 2 aliphatic rings. The third kappa shape index (κ3) is 3.87. The lowest BCUT2D eigenvalue weighted by atomic mass is 10.0. The van der Waals surface area contributed by atoms with E-state index in [2.05, 4.69) is 0 Å². The molecule has 3 rings (SSSR count). The van der Waals surface area contributed by atoms with Gasteiger partial charge in [0.1, 0.15) is 0 Å². The first kappa shape index (κ1) is 16.3. The Hall–Kier alpha value is -1.53. The van der Waals surface area contributed by atoms with E-state index in [1.807, 2.05) is 0 Å². The van der Waals surface area contributed by atoms with Gasteiger partial charge in [-0.2, -0.15) is 0 Å². The van der Waals surface area contributed by atoms with Gasteiger partial charge in [-0.05, 0) is 37.8 Å². The van der Waals surface area contributed by atoms with Crippen molar-refractivity contribution in [2.75, 3.05) is 26.3 Å². The molecule has 1 aromatic rings. The van der Waals surface area contributed by atoms with Crippen LogP contribution >= 0.6 is 0 Å². The van der Waals surface area contributed by atoms with Gasteiger partial charge in [-0.1, -0.05) is 6.07 Å². The van der Waals surface area contributed by atoms with Crippen LogP contribution in [0, 0.1) is 11.6 Å². The van der Waals surface area contributed by atoms with Crippen molar-refractivity contribution in [2.45, 2.75) is 37.9 Å². The lowest BCUT2D eigenvalue weighted by Crippen LogP contribution is -2.42. The van der Waals surface area contributed by atoms with Gasteiger partial charge >= 0.3 is 0 Å². The first-order valence-corrected chi connectivity index (χ1v) is 8.11. The molecule has 2 saturated heterocycles. The molecule has 4 nitrogen and oxygen atoms in total. The van der Waals surface area contributed by atoms with Crippen molar-refractivity contribution in [1.29, 1.82) is 0 Å². The summed E-state index contributed by atoms with van der Waals surface area (Å²) in [7, 11) is 0. The summed E-state index contributed by atoms with van der Waals surface area (Å²) in [5, 5.41) is 0. The SMILES string of the molecule is O=C(c1cccc(F)c1F)N1CCC(OC2CCOCC2)CC1. The second-order valence-electron chi connectivity index (χ2n) is 6.04. The van der Waals surface area contributed by atoms with Crippen LogP contribution in [0.5, 0.6) is 0 Å². The first-order chi connectivity index (χ1) is 11.1. The number of ether oxygens (including phenoxy) is 2. The highest BCUT2D eigenvalue weighted by Crippen LogP contribution is 2.22. The van der Waals surface area contributed by atoms with Crippen LogP contribution < -0.4 is 0 Å². The Kier molecular flexibility index (Phi) is 5.23. The Labute approximate surface area is 134 Å². The monoisotopic (exact) mass is 325 g/mol. The molecular weight excluding hydrogens is 304 g/mol. The zero-order chi connectivity index (χ0) is 16.2. The minimum absolute atomic E-state index is 0.125. The number of likely N-dealkylation sites (tertiary alicyclic amines) is 1. The fraction of sp³-hybridized carbons (Fsp3) is 0.588. The van der Waals surface area contributed by atoms with E-state index in [4.69, 9.17) is 9.47 Å². The second kappa shape index (κ2) is 7.36. The van der Waals surface area contributed by atoms with Gasteiger partial charge < -0.3 is 14.4 Å². The molecule has 0 aliphatic carbocycles. The van der Waals surface area contributed by atoms with E-state index in [-0.39, 0.29) is 17.8 Å². The quantitative estimate of drug-likeness (QED) is 0.858. The molecule has 0 aromatic heterocycles. The molecule has 0 N–H and O–H groups in total. The Morgan fingerprint density at radius 3 is 2.43 bits per heavy atom. The van der Waals surface area contributed by atoms with Gasteiger partial charge in [0.05, 0.1) is 17.8 Å². The zero-order valence-corrected chi connectivity index (χ0v) is 13.0. The van der Waals surface area contributed by atoms with Gasteiger partial charge in [-0.25, -0.2) is 8.78 Å². The first-order valence-electron chi connectivity index (χ1n) is 8.11. The maximum atomic E-state index is 13.7. The lowest BCUT2D eigenvalue weighted by Gasteiger charge is -2.35. The van der Waals surface area contributed by atoms with E-state index in [1.54, 1.807) is 4.90 Å². The average Bonchev–Trinajstić information content (AvgIpc) is 2.58. The normalized spacial score (nSPS) is 20.7. The van der Waals surface area contributed by atoms with Crippen molar-refractivity contribution in [1.82, 2.24) is 4.90 Å². The second-order valence-corrected chi connectivity index (χ2v) is 6.04. The molecule has 2 heterocycles. The third-order valence-electron chi connectivity index (χ3n) is 4.46. The number of carbonyl (C=O) groups is 1. The van der Waals surface area contributed by atoms with Crippen LogP contribution in [0.3, 0.4) is 0 Å². The molecule has 2 fully saturated rings. The minimum Gasteiger partial charge on any atom is -0.381 e. The number of hydrogen-bond donors (Lipinski definition) is 0. The van der Waals surface area contributed by atoms with Crippen LogP contribution in [0.2, 0.25) is 0 Å². The van der Waals surface area contributed by atoms with Crippen molar-refractivity contribution in [3.05, 3.63) is 35.4 Å². The van der Waals surface area contributed by atoms with Crippen LogP contribution in [0.1, 0.15) is 36.0 Å². The number of nitrogens with zero attached hydrogens (tertiary/aromatic N) is 1. The van der Waals surface area contributed by atoms with Crippen LogP contribution in [0.15, 0.2) is 18.2 Å². The Morgan fingerprint density at radius 1 is 1.09 bits per heavy atom. The van der Waals surface area contributed by atoms with Gasteiger partial charge in [0.15, 0.2) is 11.6 Å². The van der Waals surface area contributed by atoms with Crippen molar-refractivity contribution in [2.24, 2.45) is 0 Å². The van der Waals surface area contributed by atoms with E-state index in [0.717, 1.165) is 45.0 Å². The van der Waals surface area contributed by atoms with E-state index in [0.29, 0.717) is 13.1 Å². The van der Waals surface area contributed by atoms with Gasteiger partial charge in [0, 0.05) is 26.3 Å². The zero-order valence-electron chi connectivity index (χ0n) is 13.0. The lowest BCUT2D eigenvalue weighted by molar-refractivity contribution is -0.0823. The average molecular weight is 325 g/mol. The standard InChI is InChI=1S/C17H21F2NO3/c18-15-3-1-2-14(16(15)19)17(21)20-8-4-12(5-9-20)23-13-6-10-22-11-7-13/h1-3,12-13H,4-11H2. The number of carbonyl (C=O) groups excluding carboxylic acids is 1. The molecule has 23 heavy (non-hydrogen) atoms. The molecule has 0 atom stereocenters. The van der Waals surface area contributed by atoms with Crippen LogP contribution in [0.4, 0.5) is 8.78 Å². The number of amides is 1. The topological polar surface area (TPSA) is 38.8 Å². The number of halogens is 2. The van der Waals surface area contributed by atoms with Crippen LogP contribution in [-0.4, -0.2) is 49.3 Å². The molecule has 0 spiro atoms. The van der Waals surface area contributed by atoms with Gasteiger partial charge in [0.2, 0.25) is 0 Å². The number of benzene rings is 1. The molecule has 0 radical (unpaired) electrons. The van der Waals surface area contributed by atoms with Gasteiger partial charge in [-0.3, -0.25) is 4.79 Å². The summed E-state index contributed by atoms with van der Waals surface area (Å²) >= 11 is 0. The highest BCUT2D eigenvalue weighted by atomic mass is 19.2. The van der Waals surface area contributed by atoms with Gasteiger partial charge in [-0.15, -0.1) is 0 Å². The van der Waals surface area contributed by atoms with E-state index in [9.17, 15) is 13.6 Å². The summed E-state index contributed by atoms with van der Waals surface area (Å²) in [5.41, 5.74) is -0.200. The molecular formula is C17H21F2NO3. The van der Waals surface area contributed by atoms with Crippen molar-refractivity contribution in [3.63, 3.8) is 0 Å². The largest absolute Gasteiger partial charge is 0.381 e. The molecule has 126 valence electrons. The molecule has 2 aliphatic heterocycles. The Morgan fingerprint density at radius 2 is 1.74 bits per heavy atom. The molecule has 1 aromatic carbocycles. The smallest absolute Gasteiger partial charge is 0.256 e. The predicted octanol–water partition coefficient (Wildman–Crippen LogP) is 2.77. The highest BCUT2D eigenvalue weighted by Gasteiger charge is 2.28. The van der Waals surface area contributed by atoms with E-state index >= 15 is 0 Å². The summed E-state index contributed by atoms with van der Waals surface area (Å²) in [6.45, 7) is 2.48.